The summed E-state index contributed by atoms with van der Waals surface area (Å²) in [7, 11) is -0.256. The van der Waals surface area contributed by atoms with Gasteiger partial charge in [0.25, 0.3) is 0 Å². The highest BCUT2D eigenvalue weighted by Gasteiger charge is 2.51. The molecule has 2 aliphatic rings. The summed E-state index contributed by atoms with van der Waals surface area (Å²) in [6.45, 7) is 10.4. The van der Waals surface area contributed by atoms with Crippen LogP contribution in [0.1, 0.15) is 45.2 Å². The molecule has 0 saturated carbocycles. The second kappa shape index (κ2) is 4.87. The van der Waals surface area contributed by atoms with Gasteiger partial charge in [0.05, 0.1) is 11.2 Å². The molecule has 1 saturated heterocycles. The molecular formula is C16H24BNO2. The SMILES string of the molecule is CC1(C)OB(c2ccc3c(c2)CNCCC3)OC1(C)C. The fraction of sp³-hybridized carbons (Fsp3) is 0.625. The van der Waals surface area contributed by atoms with E-state index in [-0.39, 0.29) is 18.3 Å². The zero-order valence-corrected chi connectivity index (χ0v) is 13.0. The molecule has 1 aromatic rings. The molecule has 20 heavy (non-hydrogen) atoms. The van der Waals surface area contributed by atoms with Crippen molar-refractivity contribution in [2.24, 2.45) is 0 Å². The zero-order chi connectivity index (χ0) is 14.4. The summed E-state index contributed by atoms with van der Waals surface area (Å²) in [5.74, 6) is 0. The second-order valence-electron chi connectivity index (χ2n) is 6.90. The molecule has 3 nitrogen and oxygen atoms in total. The molecule has 0 radical (unpaired) electrons. The highest BCUT2D eigenvalue weighted by molar-refractivity contribution is 6.62. The summed E-state index contributed by atoms with van der Waals surface area (Å²) in [4.78, 5) is 0. The van der Waals surface area contributed by atoms with Crippen molar-refractivity contribution in [1.29, 1.82) is 0 Å². The van der Waals surface area contributed by atoms with E-state index in [0.717, 1.165) is 25.0 Å². The molecule has 1 fully saturated rings. The van der Waals surface area contributed by atoms with E-state index in [4.69, 9.17) is 9.31 Å². The molecule has 1 N–H and O–H groups in total. The van der Waals surface area contributed by atoms with Crippen LogP contribution in [0.4, 0.5) is 0 Å². The standard InChI is InChI=1S/C16H24BNO2/c1-15(2)16(3,4)20-17(19-15)14-8-7-12-6-5-9-18-11-13(12)10-14/h7-8,10,18H,5-6,9,11H2,1-4H3. The number of benzene rings is 1. The minimum Gasteiger partial charge on any atom is -0.399 e. The van der Waals surface area contributed by atoms with Crippen LogP contribution in [-0.2, 0) is 22.3 Å². The molecule has 4 heteroatoms. The van der Waals surface area contributed by atoms with Crippen molar-refractivity contribution in [3.8, 4) is 0 Å². The Morgan fingerprint density at radius 3 is 2.45 bits per heavy atom. The number of rotatable bonds is 1. The second-order valence-corrected chi connectivity index (χ2v) is 6.90. The van der Waals surface area contributed by atoms with E-state index in [1.54, 1.807) is 0 Å². The number of nitrogens with one attached hydrogen (secondary N) is 1. The minimum absolute atomic E-state index is 0.256. The smallest absolute Gasteiger partial charge is 0.399 e. The summed E-state index contributed by atoms with van der Waals surface area (Å²) in [5, 5.41) is 3.47. The van der Waals surface area contributed by atoms with Crippen LogP contribution < -0.4 is 10.8 Å². The predicted molar refractivity (Wildman–Crippen MR) is 82.2 cm³/mol. The van der Waals surface area contributed by atoms with Crippen molar-refractivity contribution < 1.29 is 9.31 Å². The molecule has 0 amide bonds. The van der Waals surface area contributed by atoms with Crippen LogP contribution in [0.5, 0.6) is 0 Å². The van der Waals surface area contributed by atoms with Gasteiger partial charge in [0.15, 0.2) is 0 Å². The van der Waals surface area contributed by atoms with E-state index in [1.807, 2.05) is 0 Å². The third kappa shape index (κ3) is 2.41. The molecule has 0 aromatic heterocycles. The van der Waals surface area contributed by atoms with Gasteiger partial charge in [-0.1, -0.05) is 18.2 Å². The molecule has 0 aliphatic carbocycles. The van der Waals surface area contributed by atoms with E-state index in [9.17, 15) is 0 Å². The lowest BCUT2D eigenvalue weighted by Gasteiger charge is -2.32. The maximum Gasteiger partial charge on any atom is 0.494 e. The lowest BCUT2D eigenvalue weighted by Crippen LogP contribution is -2.41. The van der Waals surface area contributed by atoms with Gasteiger partial charge in [0.2, 0.25) is 0 Å². The Balaban J connectivity index is 1.87. The van der Waals surface area contributed by atoms with Gasteiger partial charge in [-0.2, -0.15) is 0 Å². The third-order valence-corrected chi connectivity index (χ3v) is 4.87. The molecule has 2 heterocycles. The maximum absolute atomic E-state index is 6.13. The molecule has 0 atom stereocenters. The van der Waals surface area contributed by atoms with Crippen molar-refractivity contribution in [1.82, 2.24) is 5.32 Å². The fourth-order valence-corrected chi connectivity index (χ4v) is 2.81. The van der Waals surface area contributed by atoms with Gasteiger partial charge in [0.1, 0.15) is 0 Å². The Bertz CT molecular complexity index is 497. The van der Waals surface area contributed by atoms with Crippen molar-refractivity contribution >= 4 is 12.6 Å². The number of aryl methyl sites for hydroxylation is 1. The van der Waals surface area contributed by atoms with Gasteiger partial charge in [-0.25, -0.2) is 0 Å². The summed E-state index contributed by atoms with van der Waals surface area (Å²) in [6, 6.07) is 6.64. The Morgan fingerprint density at radius 2 is 1.75 bits per heavy atom. The molecule has 0 bridgehead atoms. The van der Waals surface area contributed by atoms with E-state index < -0.39 is 0 Å². The predicted octanol–water partition coefficient (Wildman–Crippen LogP) is 2.02. The summed E-state index contributed by atoms with van der Waals surface area (Å²) in [5.41, 5.74) is 3.42. The number of fused-ring (bicyclic) bond motifs is 1. The average Bonchev–Trinajstić information content (AvgIpc) is 2.56. The molecule has 2 aliphatic heterocycles. The van der Waals surface area contributed by atoms with Crippen LogP contribution in [0.15, 0.2) is 18.2 Å². The largest absolute Gasteiger partial charge is 0.494 e. The molecule has 0 unspecified atom stereocenters. The van der Waals surface area contributed by atoms with Crippen LogP contribution in [0.2, 0.25) is 0 Å². The van der Waals surface area contributed by atoms with Gasteiger partial charge in [-0.05, 0) is 63.7 Å². The van der Waals surface area contributed by atoms with Crippen LogP contribution in [-0.4, -0.2) is 24.9 Å². The highest BCUT2D eigenvalue weighted by atomic mass is 16.7. The van der Waals surface area contributed by atoms with E-state index in [2.05, 4.69) is 51.2 Å². The summed E-state index contributed by atoms with van der Waals surface area (Å²) >= 11 is 0. The van der Waals surface area contributed by atoms with Gasteiger partial charge < -0.3 is 14.6 Å². The van der Waals surface area contributed by atoms with E-state index in [1.165, 1.54) is 17.5 Å². The molecule has 0 spiro atoms. The topological polar surface area (TPSA) is 30.5 Å². The Morgan fingerprint density at radius 1 is 1.05 bits per heavy atom. The minimum atomic E-state index is -0.275. The lowest BCUT2D eigenvalue weighted by molar-refractivity contribution is 0.00578. The number of hydrogen-bond donors (Lipinski definition) is 1. The monoisotopic (exact) mass is 273 g/mol. The lowest BCUT2D eigenvalue weighted by atomic mass is 9.77. The molecular weight excluding hydrogens is 249 g/mol. The van der Waals surface area contributed by atoms with Gasteiger partial charge >= 0.3 is 7.12 Å². The first-order valence-electron chi connectivity index (χ1n) is 7.57. The van der Waals surface area contributed by atoms with Crippen LogP contribution in [0.3, 0.4) is 0 Å². The first kappa shape index (κ1) is 14.1. The fourth-order valence-electron chi connectivity index (χ4n) is 2.81. The van der Waals surface area contributed by atoms with Gasteiger partial charge in [-0.3, -0.25) is 0 Å². The van der Waals surface area contributed by atoms with Gasteiger partial charge in [-0.15, -0.1) is 0 Å². The molecule has 108 valence electrons. The quantitative estimate of drug-likeness (QED) is 0.794. The normalized spacial score (nSPS) is 24.3. The maximum atomic E-state index is 6.13. The Labute approximate surface area is 122 Å². The summed E-state index contributed by atoms with van der Waals surface area (Å²) < 4.78 is 12.3. The van der Waals surface area contributed by atoms with Crippen LogP contribution in [0.25, 0.3) is 0 Å². The van der Waals surface area contributed by atoms with E-state index in [0.29, 0.717) is 0 Å². The van der Waals surface area contributed by atoms with Crippen LogP contribution >= 0.6 is 0 Å². The molecule has 3 rings (SSSR count). The Hall–Kier alpha value is -0.835. The third-order valence-electron chi connectivity index (χ3n) is 4.87. The van der Waals surface area contributed by atoms with Crippen molar-refractivity contribution in [3.05, 3.63) is 29.3 Å². The first-order chi connectivity index (χ1) is 9.39. The highest BCUT2D eigenvalue weighted by Crippen LogP contribution is 2.36. The zero-order valence-electron chi connectivity index (χ0n) is 13.0. The van der Waals surface area contributed by atoms with Crippen molar-refractivity contribution in [3.63, 3.8) is 0 Å². The van der Waals surface area contributed by atoms with Crippen molar-refractivity contribution in [2.45, 2.75) is 58.3 Å². The number of hydrogen-bond acceptors (Lipinski definition) is 3. The Kier molecular flexibility index (Phi) is 3.43. The van der Waals surface area contributed by atoms with Gasteiger partial charge in [0, 0.05) is 6.54 Å². The van der Waals surface area contributed by atoms with E-state index >= 15 is 0 Å². The van der Waals surface area contributed by atoms with Crippen molar-refractivity contribution in [2.75, 3.05) is 6.54 Å². The molecule has 1 aromatic carbocycles. The first-order valence-corrected chi connectivity index (χ1v) is 7.57. The van der Waals surface area contributed by atoms with Crippen LogP contribution in [0, 0.1) is 0 Å². The average molecular weight is 273 g/mol. The summed E-state index contributed by atoms with van der Waals surface area (Å²) in [6.07, 6.45) is 2.37.